The van der Waals surface area contributed by atoms with Gasteiger partial charge in [-0.15, -0.1) is 0 Å². The third kappa shape index (κ3) is 3.48. The van der Waals surface area contributed by atoms with E-state index in [1.54, 1.807) is 0 Å². The fourth-order valence-electron chi connectivity index (χ4n) is 2.36. The van der Waals surface area contributed by atoms with E-state index in [-0.39, 0.29) is 6.08 Å². The number of carbonyl (C=O) groups is 2. The second-order valence-corrected chi connectivity index (χ2v) is 5.48. The van der Waals surface area contributed by atoms with Crippen LogP contribution in [0.25, 0.3) is 5.57 Å². The van der Waals surface area contributed by atoms with Gasteiger partial charge in [0.15, 0.2) is 34.9 Å². The molecule has 1 atom stereocenters. The Kier molecular flexibility index (Phi) is 6.19. The van der Waals surface area contributed by atoms with Crippen LogP contribution in [0.4, 0.5) is 35.1 Å². The molecular weight excluding hydrogens is 432 g/mol. The SMILES string of the molecule is C=CC(=O)OC1(OC(=O)C=C)C(F)=CC(c2c(F)c(F)c(F)c(F)c2F)=C(F)C1F. The molecule has 0 spiro atoms. The molecule has 0 bridgehead atoms. The molecule has 0 saturated heterocycles. The van der Waals surface area contributed by atoms with E-state index in [0.717, 1.165) is 0 Å². The van der Waals surface area contributed by atoms with Crippen molar-refractivity contribution in [1.82, 2.24) is 0 Å². The number of rotatable bonds is 5. The first-order chi connectivity index (χ1) is 13.9. The first-order valence-electron chi connectivity index (χ1n) is 7.56. The zero-order valence-corrected chi connectivity index (χ0v) is 14.4. The Morgan fingerprint density at radius 2 is 1.23 bits per heavy atom. The molecule has 0 aliphatic heterocycles. The lowest BCUT2D eigenvalue weighted by atomic mass is 9.91. The zero-order chi connectivity index (χ0) is 23.0. The summed E-state index contributed by atoms with van der Waals surface area (Å²) in [5, 5.41) is 0. The maximum absolute atomic E-state index is 14.8. The number of alkyl halides is 1. The predicted molar refractivity (Wildman–Crippen MR) is 83.7 cm³/mol. The Balaban J connectivity index is 2.77. The molecule has 0 radical (unpaired) electrons. The molecule has 30 heavy (non-hydrogen) atoms. The first-order valence-corrected chi connectivity index (χ1v) is 7.56. The van der Waals surface area contributed by atoms with Crippen molar-refractivity contribution < 1.29 is 54.2 Å². The van der Waals surface area contributed by atoms with Gasteiger partial charge in [0, 0.05) is 17.7 Å². The highest BCUT2D eigenvalue weighted by molar-refractivity contribution is 5.86. The molecule has 1 aromatic rings. The predicted octanol–water partition coefficient (Wildman–Crippen LogP) is 4.42. The number of halogens is 8. The normalized spacial score (nSPS) is 17.9. The van der Waals surface area contributed by atoms with E-state index in [1.807, 2.05) is 0 Å². The lowest BCUT2D eigenvalue weighted by Gasteiger charge is -2.35. The summed E-state index contributed by atoms with van der Waals surface area (Å²) in [4.78, 5) is 22.8. The van der Waals surface area contributed by atoms with Gasteiger partial charge in [0.1, 0.15) is 0 Å². The molecule has 0 heterocycles. The third-order valence-corrected chi connectivity index (χ3v) is 3.73. The van der Waals surface area contributed by atoms with Gasteiger partial charge >= 0.3 is 17.7 Å². The van der Waals surface area contributed by atoms with Crippen molar-refractivity contribution in [3.63, 3.8) is 0 Å². The first kappa shape index (κ1) is 22.8. The Morgan fingerprint density at radius 3 is 1.63 bits per heavy atom. The van der Waals surface area contributed by atoms with Gasteiger partial charge in [-0.05, 0) is 6.08 Å². The van der Waals surface area contributed by atoms with Crippen LogP contribution < -0.4 is 0 Å². The molecule has 0 saturated carbocycles. The molecule has 0 aromatic heterocycles. The highest BCUT2D eigenvalue weighted by atomic mass is 19.2. The molecule has 0 fully saturated rings. The van der Waals surface area contributed by atoms with Gasteiger partial charge in [0.2, 0.25) is 12.0 Å². The summed E-state index contributed by atoms with van der Waals surface area (Å²) in [5.41, 5.74) is -3.74. The highest BCUT2D eigenvalue weighted by Crippen LogP contribution is 2.45. The second-order valence-electron chi connectivity index (χ2n) is 5.48. The van der Waals surface area contributed by atoms with Crippen LogP contribution in [0, 0.1) is 29.1 Å². The molecule has 12 heteroatoms. The summed E-state index contributed by atoms with van der Waals surface area (Å²) in [7, 11) is 0. The molecule has 4 nitrogen and oxygen atoms in total. The van der Waals surface area contributed by atoms with Gasteiger partial charge in [-0.2, -0.15) is 0 Å². The number of carbonyl (C=O) groups excluding carboxylic acids is 2. The summed E-state index contributed by atoms with van der Waals surface area (Å²) in [6.07, 6.45) is -3.16. The fourth-order valence-corrected chi connectivity index (χ4v) is 2.36. The van der Waals surface area contributed by atoms with Gasteiger partial charge in [0.05, 0.1) is 5.56 Å². The van der Waals surface area contributed by atoms with Crippen molar-refractivity contribution in [1.29, 1.82) is 0 Å². The van der Waals surface area contributed by atoms with Gasteiger partial charge in [-0.25, -0.2) is 44.7 Å². The van der Waals surface area contributed by atoms with E-state index in [4.69, 9.17) is 0 Å². The quantitative estimate of drug-likeness (QED) is 0.170. The van der Waals surface area contributed by atoms with E-state index in [2.05, 4.69) is 22.6 Å². The minimum absolute atomic E-state index is 0.254. The largest absolute Gasteiger partial charge is 0.409 e. The van der Waals surface area contributed by atoms with E-state index < -0.39 is 75.8 Å². The van der Waals surface area contributed by atoms with Crippen molar-refractivity contribution in [2.24, 2.45) is 0 Å². The summed E-state index contributed by atoms with van der Waals surface area (Å²) < 4.78 is 120. The molecule has 1 unspecified atom stereocenters. The van der Waals surface area contributed by atoms with E-state index in [9.17, 15) is 44.7 Å². The van der Waals surface area contributed by atoms with Crippen molar-refractivity contribution in [2.45, 2.75) is 12.0 Å². The lowest BCUT2D eigenvalue weighted by molar-refractivity contribution is -0.232. The molecule has 0 amide bonds. The smallest absolute Gasteiger partial charge is 0.348 e. The minimum Gasteiger partial charge on any atom is -0.409 e. The summed E-state index contributed by atoms with van der Waals surface area (Å²) in [5.74, 6) is -24.3. The second kappa shape index (κ2) is 8.13. The van der Waals surface area contributed by atoms with Crippen molar-refractivity contribution in [2.75, 3.05) is 0 Å². The number of ether oxygens (including phenoxy) is 2. The minimum atomic E-state index is -3.76. The Labute approximate surface area is 162 Å². The lowest BCUT2D eigenvalue weighted by Crippen LogP contribution is -2.50. The number of hydrogen-bond donors (Lipinski definition) is 0. The average molecular weight is 440 g/mol. The van der Waals surface area contributed by atoms with Gasteiger partial charge in [0.25, 0.3) is 0 Å². The molecule has 1 aliphatic carbocycles. The maximum Gasteiger partial charge on any atom is 0.348 e. The highest BCUT2D eigenvalue weighted by Gasteiger charge is 2.57. The Hall–Kier alpha value is -3.44. The topological polar surface area (TPSA) is 52.6 Å². The third-order valence-electron chi connectivity index (χ3n) is 3.73. The van der Waals surface area contributed by atoms with E-state index >= 15 is 0 Å². The van der Waals surface area contributed by atoms with Crippen molar-refractivity contribution in [3.05, 3.63) is 77.7 Å². The maximum atomic E-state index is 14.8. The van der Waals surface area contributed by atoms with E-state index in [0.29, 0.717) is 12.2 Å². The number of esters is 2. The number of benzene rings is 1. The fraction of sp³-hybridized carbons (Fsp3) is 0.111. The summed E-state index contributed by atoms with van der Waals surface area (Å²) >= 11 is 0. The zero-order valence-electron chi connectivity index (χ0n) is 14.4. The average Bonchev–Trinajstić information content (AvgIpc) is 2.72. The molecule has 1 aliphatic rings. The molecule has 160 valence electrons. The number of hydrogen-bond acceptors (Lipinski definition) is 4. The van der Waals surface area contributed by atoms with Gasteiger partial charge in [-0.3, -0.25) is 0 Å². The Morgan fingerprint density at radius 1 is 0.833 bits per heavy atom. The molecule has 2 rings (SSSR count). The van der Waals surface area contributed by atoms with Crippen LogP contribution in [-0.2, 0) is 19.1 Å². The van der Waals surface area contributed by atoms with Gasteiger partial charge in [-0.1, -0.05) is 13.2 Å². The summed E-state index contributed by atoms with van der Waals surface area (Å²) in [6, 6.07) is 0. The molecule has 0 N–H and O–H groups in total. The van der Waals surface area contributed by atoms with E-state index in [1.165, 1.54) is 0 Å². The van der Waals surface area contributed by atoms with Crippen LogP contribution in [0.5, 0.6) is 0 Å². The van der Waals surface area contributed by atoms with Crippen LogP contribution in [0.2, 0.25) is 0 Å². The molecular formula is C18H8F8O4. The molecule has 1 aromatic carbocycles. The standard InChI is InChI=1S/C18H8F8O4/c1-3-8(27)29-18(30-9(28)4-2)7(19)5-6(11(20)17(18)26)10-12(21)14(23)16(25)15(24)13(10)22/h3-5,17H,1-2H2. The monoisotopic (exact) mass is 440 g/mol. The summed E-state index contributed by atoms with van der Waals surface area (Å²) in [6.45, 7) is 5.83. The van der Waals surface area contributed by atoms with Gasteiger partial charge < -0.3 is 9.47 Å². The van der Waals surface area contributed by atoms with Crippen LogP contribution in [0.15, 0.2) is 43.0 Å². The van der Waals surface area contributed by atoms with Crippen LogP contribution in [-0.4, -0.2) is 23.9 Å². The number of allylic oxidation sites excluding steroid dienone is 2. The van der Waals surface area contributed by atoms with Crippen LogP contribution in [0.3, 0.4) is 0 Å². The van der Waals surface area contributed by atoms with Crippen LogP contribution >= 0.6 is 0 Å². The van der Waals surface area contributed by atoms with Crippen LogP contribution in [0.1, 0.15) is 5.56 Å². The van der Waals surface area contributed by atoms with Crippen molar-refractivity contribution in [3.8, 4) is 0 Å². The Bertz CT molecular complexity index is 976. The van der Waals surface area contributed by atoms with Crippen molar-refractivity contribution >= 4 is 17.5 Å².